The molecule has 0 radical (unpaired) electrons. The Labute approximate surface area is 113 Å². The number of methoxy groups -OCH3 is 1. The smallest absolute Gasteiger partial charge is 0.247 e. The van der Waals surface area contributed by atoms with E-state index in [1.54, 1.807) is 13.2 Å². The molecule has 100 valence electrons. The summed E-state index contributed by atoms with van der Waals surface area (Å²) >= 11 is 0. The molecule has 3 heteroatoms. The summed E-state index contributed by atoms with van der Waals surface area (Å²) in [5, 5.41) is 0. The molecule has 0 aromatic heterocycles. The fourth-order valence-electron chi connectivity index (χ4n) is 3.26. The molecule has 0 spiro atoms. The van der Waals surface area contributed by atoms with E-state index >= 15 is 0 Å². The van der Waals surface area contributed by atoms with Gasteiger partial charge >= 0.3 is 0 Å². The van der Waals surface area contributed by atoms with E-state index in [2.05, 4.69) is 6.92 Å². The molecule has 3 rings (SSSR count). The average molecular weight is 257 g/mol. The summed E-state index contributed by atoms with van der Waals surface area (Å²) in [5.74, 6) is 1.01. The number of fused-ring (bicyclic) bond motifs is 1. The zero-order chi connectivity index (χ0) is 13.5. The fraction of sp³-hybridized carbons (Fsp3) is 0.438. The maximum Gasteiger partial charge on any atom is 0.247 e. The van der Waals surface area contributed by atoms with Crippen LogP contribution in [0.4, 0.5) is 0 Å². The van der Waals surface area contributed by atoms with Gasteiger partial charge in [-0.15, -0.1) is 0 Å². The van der Waals surface area contributed by atoms with Gasteiger partial charge in [-0.25, -0.2) is 0 Å². The Kier molecular flexibility index (Phi) is 2.85. The van der Waals surface area contributed by atoms with Gasteiger partial charge in [0.25, 0.3) is 0 Å². The van der Waals surface area contributed by atoms with Crippen molar-refractivity contribution in [1.29, 1.82) is 0 Å². The Bertz CT molecular complexity index is 532. The van der Waals surface area contributed by atoms with Gasteiger partial charge in [0.15, 0.2) is 0 Å². The second kappa shape index (κ2) is 4.41. The Morgan fingerprint density at radius 2 is 2.00 bits per heavy atom. The zero-order valence-electron chi connectivity index (χ0n) is 11.5. The molecule has 1 saturated heterocycles. The van der Waals surface area contributed by atoms with Gasteiger partial charge in [0, 0.05) is 18.2 Å². The molecule has 2 aliphatic rings. The minimum absolute atomic E-state index is 0.0150. The van der Waals surface area contributed by atoms with Crippen LogP contribution in [-0.2, 0) is 4.79 Å². The standard InChI is InChI=1S/C16H19NO2/c1-16-8-3-9-17(16)15(18)10-13(11-16)12-4-6-14(19-2)7-5-12/h4-7,10H,3,8-9,11H2,1-2H3/t16-/m0/s1. The van der Waals surface area contributed by atoms with E-state index in [0.717, 1.165) is 42.7 Å². The summed E-state index contributed by atoms with van der Waals surface area (Å²) in [6.07, 6.45) is 4.97. The maximum absolute atomic E-state index is 12.2. The highest BCUT2D eigenvalue weighted by molar-refractivity contribution is 5.98. The van der Waals surface area contributed by atoms with Crippen molar-refractivity contribution in [2.45, 2.75) is 31.7 Å². The molecule has 2 aliphatic heterocycles. The first-order chi connectivity index (χ1) is 9.12. The number of hydrogen-bond acceptors (Lipinski definition) is 2. The third-order valence-electron chi connectivity index (χ3n) is 4.34. The van der Waals surface area contributed by atoms with Crippen LogP contribution in [0.1, 0.15) is 31.7 Å². The van der Waals surface area contributed by atoms with Crippen molar-refractivity contribution in [2.75, 3.05) is 13.7 Å². The van der Waals surface area contributed by atoms with E-state index in [1.165, 1.54) is 0 Å². The molecule has 0 bridgehead atoms. The molecule has 0 saturated carbocycles. The summed E-state index contributed by atoms with van der Waals surface area (Å²) in [6.45, 7) is 3.11. The van der Waals surface area contributed by atoms with Crippen molar-refractivity contribution < 1.29 is 9.53 Å². The first kappa shape index (κ1) is 12.3. The monoisotopic (exact) mass is 257 g/mol. The topological polar surface area (TPSA) is 29.5 Å². The number of carbonyl (C=O) groups excluding carboxylic acids is 1. The van der Waals surface area contributed by atoms with Crippen molar-refractivity contribution in [3.05, 3.63) is 35.9 Å². The van der Waals surface area contributed by atoms with Gasteiger partial charge < -0.3 is 9.64 Å². The Hall–Kier alpha value is -1.77. The third-order valence-corrected chi connectivity index (χ3v) is 4.34. The molecule has 0 aliphatic carbocycles. The van der Waals surface area contributed by atoms with Crippen LogP contribution in [0.2, 0.25) is 0 Å². The lowest BCUT2D eigenvalue weighted by atomic mass is 9.84. The molecule has 1 aromatic carbocycles. The molecule has 3 nitrogen and oxygen atoms in total. The van der Waals surface area contributed by atoms with Gasteiger partial charge in [0.2, 0.25) is 5.91 Å². The van der Waals surface area contributed by atoms with Crippen molar-refractivity contribution in [3.8, 4) is 5.75 Å². The highest BCUT2D eigenvalue weighted by Crippen LogP contribution is 2.41. The number of benzene rings is 1. The van der Waals surface area contributed by atoms with Crippen LogP contribution in [0.25, 0.3) is 5.57 Å². The first-order valence-corrected chi connectivity index (χ1v) is 6.79. The molecular formula is C16H19NO2. The predicted octanol–water partition coefficient (Wildman–Crippen LogP) is 2.86. The van der Waals surface area contributed by atoms with Crippen LogP contribution >= 0.6 is 0 Å². The molecule has 1 aromatic rings. The maximum atomic E-state index is 12.2. The number of amides is 1. The molecule has 19 heavy (non-hydrogen) atoms. The second-order valence-electron chi connectivity index (χ2n) is 5.67. The largest absolute Gasteiger partial charge is 0.497 e. The number of rotatable bonds is 2. The Morgan fingerprint density at radius 1 is 1.26 bits per heavy atom. The Morgan fingerprint density at radius 3 is 2.68 bits per heavy atom. The van der Waals surface area contributed by atoms with E-state index < -0.39 is 0 Å². The third kappa shape index (κ3) is 2.03. The number of ether oxygens (including phenoxy) is 1. The lowest BCUT2D eigenvalue weighted by Crippen LogP contribution is -2.47. The lowest BCUT2D eigenvalue weighted by Gasteiger charge is -2.39. The van der Waals surface area contributed by atoms with Crippen LogP contribution in [0.3, 0.4) is 0 Å². The highest BCUT2D eigenvalue weighted by Gasteiger charge is 2.42. The van der Waals surface area contributed by atoms with E-state index in [1.807, 2.05) is 29.2 Å². The van der Waals surface area contributed by atoms with E-state index in [4.69, 9.17) is 4.74 Å². The number of hydrogen-bond donors (Lipinski definition) is 0. The van der Waals surface area contributed by atoms with Gasteiger partial charge in [0.1, 0.15) is 5.75 Å². The summed E-state index contributed by atoms with van der Waals surface area (Å²) in [7, 11) is 1.66. The van der Waals surface area contributed by atoms with Gasteiger partial charge in [-0.05, 0) is 49.5 Å². The molecule has 0 N–H and O–H groups in total. The minimum atomic E-state index is 0.0150. The first-order valence-electron chi connectivity index (χ1n) is 6.79. The summed E-state index contributed by atoms with van der Waals surface area (Å²) < 4.78 is 5.17. The van der Waals surface area contributed by atoms with Crippen molar-refractivity contribution in [3.63, 3.8) is 0 Å². The quantitative estimate of drug-likeness (QED) is 0.815. The van der Waals surface area contributed by atoms with Gasteiger partial charge in [-0.3, -0.25) is 4.79 Å². The second-order valence-corrected chi connectivity index (χ2v) is 5.67. The van der Waals surface area contributed by atoms with Crippen molar-refractivity contribution in [2.24, 2.45) is 0 Å². The van der Waals surface area contributed by atoms with Crippen LogP contribution in [0, 0.1) is 0 Å². The summed E-state index contributed by atoms with van der Waals surface area (Å²) in [6, 6.07) is 7.96. The van der Waals surface area contributed by atoms with Crippen molar-refractivity contribution in [1.82, 2.24) is 4.90 Å². The SMILES string of the molecule is COc1ccc(C2=CC(=O)N3CCC[C@@]3(C)C2)cc1. The molecule has 1 amide bonds. The normalized spacial score (nSPS) is 26.1. The van der Waals surface area contributed by atoms with E-state index in [-0.39, 0.29) is 11.4 Å². The molecule has 1 fully saturated rings. The molecule has 2 heterocycles. The molecular weight excluding hydrogens is 238 g/mol. The van der Waals surface area contributed by atoms with Gasteiger partial charge in [-0.1, -0.05) is 12.1 Å². The zero-order valence-corrected chi connectivity index (χ0v) is 11.5. The van der Waals surface area contributed by atoms with Crippen molar-refractivity contribution >= 4 is 11.5 Å². The van der Waals surface area contributed by atoms with Crippen LogP contribution in [-0.4, -0.2) is 30.0 Å². The summed E-state index contributed by atoms with van der Waals surface area (Å²) in [4.78, 5) is 14.2. The van der Waals surface area contributed by atoms with Gasteiger partial charge in [-0.2, -0.15) is 0 Å². The number of nitrogens with zero attached hydrogens (tertiary/aromatic N) is 1. The Balaban J connectivity index is 1.92. The van der Waals surface area contributed by atoms with E-state index in [9.17, 15) is 4.79 Å². The molecule has 0 unspecified atom stereocenters. The average Bonchev–Trinajstić information content (AvgIpc) is 2.81. The van der Waals surface area contributed by atoms with E-state index in [0.29, 0.717) is 0 Å². The lowest BCUT2D eigenvalue weighted by molar-refractivity contribution is -0.130. The molecule has 1 atom stereocenters. The van der Waals surface area contributed by atoms with Crippen LogP contribution < -0.4 is 4.74 Å². The van der Waals surface area contributed by atoms with Crippen LogP contribution in [0.15, 0.2) is 30.3 Å². The predicted molar refractivity (Wildman–Crippen MR) is 74.9 cm³/mol. The highest BCUT2D eigenvalue weighted by atomic mass is 16.5. The van der Waals surface area contributed by atoms with Gasteiger partial charge in [0.05, 0.1) is 7.11 Å². The summed E-state index contributed by atoms with van der Waals surface area (Å²) in [5.41, 5.74) is 2.29. The van der Waals surface area contributed by atoms with Crippen LogP contribution in [0.5, 0.6) is 5.75 Å². The minimum Gasteiger partial charge on any atom is -0.497 e. The fourth-order valence-corrected chi connectivity index (χ4v) is 3.26. The number of carbonyl (C=O) groups is 1.